The highest BCUT2D eigenvalue weighted by Gasteiger charge is 2.34. The van der Waals surface area contributed by atoms with Crippen LogP contribution in [0.5, 0.6) is 0 Å². The van der Waals surface area contributed by atoms with E-state index in [9.17, 15) is 14.4 Å². The standard InChI is InChI=1S/C25H23N3O4/c1-16(32-25(31)26-17-10-4-3-5-11-17)23(29)27-22-20-14-7-6-12-18(20)19-13-8-9-15-21(19)28(2)24(22)30/h3-16,22H,1-2H3,(H,26,31)(H,27,29)/t16?,22-/m0/s1. The lowest BCUT2D eigenvalue weighted by Gasteiger charge is -2.24. The van der Waals surface area contributed by atoms with Crippen molar-refractivity contribution < 1.29 is 19.1 Å². The topological polar surface area (TPSA) is 87.7 Å². The summed E-state index contributed by atoms with van der Waals surface area (Å²) in [5.41, 5.74) is 3.76. The normalized spacial score (nSPS) is 15.6. The van der Waals surface area contributed by atoms with Crippen molar-refractivity contribution in [3.05, 3.63) is 84.4 Å². The summed E-state index contributed by atoms with van der Waals surface area (Å²) >= 11 is 0. The van der Waals surface area contributed by atoms with Crippen LogP contribution in [0.4, 0.5) is 16.2 Å². The quantitative estimate of drug-likeness (QED) is 0.653. The first kappa shape index (κ1) is 21.1. The van der Waals surface area contributed by atoms with Crippen molar-refractivity contribution in [2.45, 2.75) is 19.1 Å². The summed E-state index contributed by atoms with van der Waals surface area (Å²) in [7, 11) is 1.68. The van der Waals surface area contributed by atoms with E-state index in [2.05, 4.69) is 10.6 Å². The Morgan fingerprint density at radius 2 is 1.53 bits per heavy atom. The van der Waals surface area contributed by atoms with E-state index in [0.717, 1.165) is 16.8 Å². The zero-order valence-electron chi connectivity index (χ0n) is 17.7. The summed E-state index contributed by atoms with van der Waals surface area (Å²) in [4.78, 5) is 39.8. The van der Waals surface area contributed by atoms with Gasteiger partial charge in [-0.2, -0.15) is 0 Å². The van der Waals surface area contributed by atoms with Crippen LogP contribution in [-0.4, -0.2) is 31.1 Å². The zero-order chi connectivity index (χ0) is 22.7. The van der Waals surface area contributed by atoms with Gasteiger partial charge in [-0.15, -0.1) is 0 Å². The van der Waals surface area contributed by atoms with Gasteiger partial charge in [0.15, 0.2) is 6.10 Å². The van der Waals surface area contributed by atoms with Crippen molar-refractivity contribution >= 4 is 29.3 Å². The van der Waals surface area contributed by atoms with Gasteiger partial charge in [0, 0.05) is 18.3 Å². The van der Waals surface area contributed by atoms with Gasteiger partial charge in [-0.3, -0.25) is 14.9 Å². The molecule has 1 aliphatic heterocycles. The third-order valence-electron chi connectivity index (χ3n) is 5.36. The Hall–Kier alpha value is -4.13. The van der Waals surface area contributed by atoms with Crippen LogP contribution in [0, 0.1) is 0 Å². The zero-order valence-corrected chi connectivity index (χ0v) is 17.7. The number of carbonyl (C=O) groups excluding carboxylic acids is 3. The van der Waals surface area contributed by atoms with Gasteiger partial charge in [0.1, 0.15) is 6.04 Å². The molecule has 0 saturated carbocycles. The number of fused-ring (bicyclic) bond motifs is 3. The Kier molecular flexibility index (Phi) is 5.89. The van der Waals surface area contributed by atoms with Crippen molar-refractivity contribution in [3.8, 4) is 11.1 Å². The van der Waals surface area contributed by atoms with Crippen molar-refractivity contribution in [1.82, 2.24) is 5.32 Å². The predicted molar refractivity (Wildman–Crippen MR) is 122 cm³/mol. The number of hydrogen-bond acceptors (Lipinski definition) is 4. The first-order valence-electron chi connectivity index (χ1n) is 10.2. The van der Waals surface area contributed by atoms with Crippen molar-refractivity contribution in [2.75, 3.05) is 17.3 Å². The van der Waals surface area contributed by atoms with Gasteiger partial charge in [-0.05, 0) is 36.2 Å². The van der Waals surface area contributed by atoms with Crippen LogP contribution in [0.3, 0.4) is 0 Å². The molecule has 1 unspecified atom stereocenters. The fraction of sp³-hybridized carbons (Fsp3) is 0.160. The average molecular weight is 429 g/mol. The minimum absolute atomic E-state index is 0.281. The number of hydrogen-bond donors (Lipinski definition) is 2. The van der Waals surface area contributed by atoms with E-state index in [-0.39, 0.29) is 5.91 Å². The Morgan fingerprint density at radius 1 is 0.906 bits per heavy atom. The number of likely N-dealkylation sites (N-methyl/N-ethyl adjacent to an activating group) is 1. The molecule has 1 aliphatic rings. The maximum Gasteiger partial charge on any atom is 0.412 e. The molecule has 3 amide bonds. The number of carbonyl (C=O) groups is 3. The Morgan fingerprint density at radius 3 is 2.28 bits per heavy atom. The summed E-state index contributed by atoms with van der Waals surface area (Å²) in [5.74, 6) is -0.850. The van der Waals surface area contributed by atoms with Crippen LogP contribution >= 0.6 is 0 Å². The molecule has 0 radical (unpaired) electrons. The van der Waals surface area contributed by atoms with E-state index in [1.54, 1.807) is 31.3 Å². The molecule has 1 heterocycles. The molecule has 0 aliphatic carbocycles. The molecular weight excluding hydrogens is 406 g/mol. The minimum atomic E-state index is -1.10. The maximum atomic E-state index is 13.3. The number of ether oxygens (including phenoxy) is 1. The third kappa shape index (κ3) is 4.18. The average Bonchev–Trinajstić information content (AvgIpc) is 2.89. The molecule has 7 nitrogen and oxygen atoms in total. The highest BCUT2D eigenvalue weighted by molar-refractivity contribution is 6.06. The first-order valence-corrected chi connectivity index (χ1v) is 10.2. The molecule has 32 heavy (non-hydrogen) atoms. The molecule has 2 N–H and O–H groups in total. The van der Waals surface area contributed by atoms with Crippen LogP contribution < -0.4 is 15.5 Å². The summed E-state index contributed by atoms with van der Waals surface area (Å²) in [6.07, 6.45) is -1.86. The van der Waals surface area contributed by atoms with Gasteiger partial charge in [0.2, 0.25) is 0 Å². The minimum Gasteiger partial charge on any atom is -0.436 e. The molecule has 0 fully saturated rings. The smallest absolute Gasteiger partial charge is 0.412 e. The number of rotatable bonds is 4. The molecule has 0 saturated heterocycles. The van der Waals surface area contributed by atoms with Gasteiger partial charge >= 0.3 is 6.09 Å². The van der Waals surface area contributed by atoms with Gasteiger partial charge in [0.25, 0.3) is 11.8 Å². The molecule has 3 aromatic rings. The molecule has 162 valence electrons. The molecule has 3 aromatic carbocycles. The van der Waals surface area contributed by atoms with E-state index in [0.29, 0.717) is 11.3 Å². The van der Waals surface area contributed by atoms with Crippen LogP contribution in [0.1, 0.15) is 18.5 Å². The van der Waals surface area contributed by atoms with E-state index >= 15 is 0 Å². The van der Waals surface area contributed by atoms with Crippen molar-refractivity contribution in [3.63, 3.8) is 0 Å². The maximum absolute atomic E-state index is 13.3. The highest BCUT2D eigenvalue weighted by Crippen LogP contribution is 2.39. The number of anilines is 2. The van der Waals surface area contributed by atoms with Crippen molar-refractivity contribution in [1.29, 1.82) is 0 Å². The van der Waals surface area contributed by atoms with E-state index in [4.69, 9.17) is 4.74 Å². The van der Waals surface area contributed by atoms with Crippen LogP contribution in [0.2, 0.25) is 0 Å². The third-order valence-corrected chi connectivity index (χ3v) is 5.36. The van der Waals surface area contributed by atoms with Crippen LogP contribution in [-0.2, 0) is 14.3 Å². The second-order valence-corrected chi connectivity index (χ2v) is 7.48. The molecule has 2 atom stereocenters. The molecule has 0 aromatic heterocycles. The highest BCUT2D eigenvalue weighted by atomic mass is 16.6. The summed E-state index contributed by atoms with van der Waals surface area (Å²) in [5, 5.41) is 5.33. The molecule has 0 spiro atoms. The monoisotopic (exact) mass is 429 g/mol. The lowest BCUT2D eigenvalue weighted by molar-refractivity contribution is -0.132. The van der Waals surface area contributed by atoms with E-state index in [1.807, 2.05) is 54.6 Å². The molecule has 0 bridgehead atoms. The Balaban J connectivity index is 1.54. The number of nitrogens with one attached hydrogen (secondary N) is 2. The van der Waals surface area contributed by atoms with Gasteiger partial charge in [0.05, 0.1) is 5.69 Å². The predicted octanol–water partition coefficient (Wildman–Crippen LogP) is 4.12. The van der Waals surface area contributed by atoms with Crippen molar-refractivity contribution in [2.24, 2.45) is 0 Å². The fourth-order valence-corrected chi connectivity index (χ4v) is 3.72. The first-order chi connectivity index (χ1) is 15.5. The second-order valence-electron chi connectivity index (χ2n) is 7.48. The SMILES string of the molecule is CC(OC(=O)Nc1ccccc1)C(=O)N[C@@H]1C(=O)N(C)c2ccccc2-c2ccccc21. The summed E-state index contributed by atoms with van der Waals surface area (Å²) in [6.45, 7) is 1.46. The number of para-hydroxylation sites is 2. The Bertz CT molecular complexity index is 1160. The van der Waals surface area contributed by atoms with E-state index in [1.165, 1.54) is 11.8 Å². The number of nitrogens with zero attached hydrogens (tertiary/aromatic N) is 1. The summed E-state index contributed by atoms with van der Waals surface area (Å²) < 4.78 is 5.21. The van der Waals surface area contributed by atoms with Gasteiger partial charge in [-0.1, -0.05) is 60.7 Å². The lowest BCUT2D eigenvalue weighted by Crippen LogP contribution is -2.45. The molecule has 4 rings (SSSR count). The van der Waals surface area contributed by atoms with Crippen LogP contribution in [0.15, 0.2) is 78.9 Å². The van der Waals surface area contributed by atoms with Crippen LogP contribution in [0.25, 0.3) is 11.1 Å². The fourth-order valence-electron chi connectivity index (χ4n) is 3.72. The second kappa shape index (κ2) is 8.93. The lowest BCUT2D eigenvalue weighted by atomic mass is 9.95. The summed E-state index contributed by atoms with van der Waals surface area (Å²) in [6, 6.07) is 22.9. The number of amides is 3. The van der Waals surface area contributed by atoms with E-state index < -0.39 is 24.1 Å². The number of benzene rings is 3. The molecular formula is C25H23N3O4. The van der Waals surface area contributed by atoms with Gasteiger partial charge in [-0.25, -0.2) is 4.79 Å². The Labute approximate surface area is 186 Å². The van der Waals surface area contributed by atoms with Gasteiger partial charge < -0.3 is 15.0 Å². The largest absolute Gasteiger partial charge is 0.436 e. The molecule has 7 heteroatoms.